The second-order valence-corrected chi connectivity index (χ2v) is 5.67. The lowest BCUT2D eigenvalue weighted by Gasteiger charge is -2.33. The summed E-state index contributed by atoms with van der Waals surface area (Å²) in [6.07, 6.45) is 2.34. The summed E-state index contributed by atoms with van der Waals surface area (Å²) < 4.78 is 27.7. The highest BCUT2D eigenvalue weighted by Gasteiger charge is 2.29. The molecule has 0 saturated heterocycles. The van der Waals surface area contributed by atoms with Gasteiger partial charge in [-0.1, -0.05) is 30.3 Å². The zero-order valence-electron chi connectivity index (χ0n) is 12.1. The molecule has 0 heterocycles. The molecule has 1 nitrogen and oxygen atoms in total. The van der Waals surface area contributed by atoms with E-state index >= 15 is 0 Å². The molecule has 0 radical (unpaired) electrons. The molecule has 0 saturated carbocycles. The van der Waals surface area contributed by atoms with Gasteiger partial charge in [-0.05, 0) is 55.5 Å². The van der Waals surface area contributed by atoms with E-state index in [-0.39, 0.29) is 17.5 Å². The van der Waals surface area contributed by atoms with Crippen LogP contribution in [0.3, 0.4) is 0 Å². The molecule has 1 aliphatic rings. The molecule has 110 valence electrons. The van der Waals surface area contributed by atoms with Crippen LogP contribution >= 0.6 is 0 Å². The summed E-state index contributed by atoms with van der Waals surface area (Å²) in [6.45, 7) is 0. The summed E-state index contributed by atoms with van der Waals surface area (Å²) in [5.41, 5.74) is 2.80. The van der Waals surface area contributed by atoms with Gasteiger partial charge in [0.05, 0.1) is 0 Å². The van der Waals surface area contributed by atoms with Crippen molar-refractivity contribution in [2.75, 3.05) is 7.05 Å². The third kappa shape index (κ3) is 2.70. The third-order valence-electron chi connectivity index (χ3n) is 4.49. The topological polar surface area (TPSA) is 12.0 Å². The number of hydrogen-bond acceptors (Lipinski definition) is 1. The van der Waals surface area contributed by atoms with E-state index in [1.165, 1.54) is 29.3 Å². The van der Waals surface area contributed by atoms with E-state index in [9.17, 15) is 8.78 Å². The number of aryl methyl sites for hydroxylation is 1. The summed E-state index contributed by atoms with van der Waals surface area (Å²) in [4.78, 5) is 0. The van der Waals surface area contributed by atoms with Crippen molar-refractivity contribution in [2.45, 2.75) is 25.3 Å². The van der Waals surface area contributed by atoms with Gasteiger partial charge in [-0.3, -0.25) is 0 Å². The highest BCUT2D eigenvalue weighted by molar-refractivity contribution is 5.34. The first-order valence-electron chi connectivity index (χ1n) is 7.38. The average Bonchev–Trinajstić information content (AvgIpc) is 2.50. The van der Waals surface area contributed by atoms with Crippen LogP contribution in [0.1, 0.15) is 29.2 Å². The van der Waals surface area contributed by atoms with Gasteiger partial charge in [0.2, 0.25) is 0 Å². The first-order chi connectivity index (χ1) is 10.2. The van der Waals surface area contributed by atoms with Gasteiger partial charge in [-0.15, -0.1) is 0 Å². The molecule has 0 bridgehead atoms. The van der Waals surface area contributed by atoms with Gasteiger partial charge < -0.3 is 5.32 Å². The predicted molar refractivity (Wildman–Crippen MR) is 80.1 cm³/mol. The largest absolute Gasteiger partial charge is 0.313 e. The predicted octanol–water partition coefficient (Wildman–Crippen LogP) is 4.03. The Bertz CT molecular complexity index is 619. The number of rotatable bonds is 3. The van der Waals surface area contributed by atoms with E-state index < -0.39 is 11.6 Å². The molecule has 0 amide bonds. The zero-order chi connectivity index (χ0) is 14.8. The highest BCUT2D eigenvalue weighted by atomic mass is 19.1. The molecule has 2 aromatic carbocycles. The Morgan fingerprint density at radius 3 is 2.48 bits per heavy atom. The summed E-state index contributed by atoms with van der Waals surface area (Å²) in [7, 11) is 1.91. The van der Waals surface area contributed by atoms with Gasteiger partial charge in [0, 0.05) is 11.6 Å². The Hall–Kier alpha value is -1.74. The molecule has 1 N–H and O–H groups in total. The van der Waals surface area contributed by atoms with Gasteiger partial charge in [-0.2, -0.15) is 0 Å². The van der Waals surface area contributed by atoms with Crippen molar-refractivity contribution in [1.82, 2.24) is 5.32 Å². The van der Waals surface area contributed by atoms with Crippen molar-refractivity contribution < 1.29 is 8.78 Å². The van der Waals surface area contributed by atoms with Crippen LogP contribution in [0.15, 0.2) is 42.5 Å². The van der Waals surface area contributed by atoms with Crippen LogP contribution in [0.4, 0.5) is 8.78 Å². The van der Waals surface area contributed by atoms with Crippen LogP contribution in [0.5, 0.6) is 0 Å². The minimum atomic E-state index is -0.441. The molecule has 2 unspecified atom stereocenters. The van der Waals surface area contributed by atoms with Crippen molar-refractivity contribution in [3.8, 4) is 0 Å². The minimum absolute atomic E-state index is 0.147. The lowest BCUT2D eigenvalue weighted by Crippen LogP contribution is -2.31. The second-order valence-electron chi connectivity index (χ2n) is 5.67. The number of halogens is 2. The van der Waals surface area contributed by atoms with E-state index in [2.05, 4.69) is 17.4 Å². The smallest absolute Gasteiger partial charge is 0.129 e. The molecule has 3 rings (SSSR count). The summed E-state index contributed by atoms with van der Waals surface area (Å²) >= 11 is 0. The maximum absolute atomic E-state index is 13.9. The van der Waals surface area contributed by atoms with E-state index in [1.807, 2.05) is 19.2 Å². The maximum Gasteiger partial charge on any atom is 0.129 e. The molecule has 21 heavy (non-hydrogen) atoms. The molecule has 3 heteroatoms. The maximum atomic E-state index is 13.9. The normalized spacial score (nSPS) is 21.1. The van der Waals surface area contributed by atoms with Crippen molar-refractivity contribution >= 4 is 0 Å². The fourth-order valence-electron chi connectivity index (χ4n) is 3.43. The zero-order valence-corrected chi connectivity index (χ0v) is 12.1. The number of benzene rings is 2. The molecule has 2 atom stereocenters. The summed E-state index contributed by atoms with van der Waals surface area (Å²) in [5, 5.41) is 3.32. The standard InChI is InChI=1S/C18H19F2N/c1-21-18-13(10-9-12-5-2-3-6-14(12)18)11-15-16(19)7-4-8-17(15)20/h2-8,13,18,21H,9-11H2,1H3. The molecule has 0 aliphatic heterocycles. The third-order valence-corrected chi connectivity index (χ3v) is 4.49. The molecule has 0 spiro atoms. The highest BCUT2D eigenvalue weighted by Crippen LogP contribution is 2.36. The number of hydrogen-bond donors (Lipinski definition) is 1. The number of nitrogens with one attached hydrogen (secondary N) is 1. The molecular weight excluding hydrogens is 268 g/mol. The van der Waals surface area contributed by atoms with Crippen LogP contribution in [0.25, 0.3) is 0 Å². The lowest BCUT2D eigenvalue weighted by molar-refractivity contribution is 0.327. The Morgan fingerprint density at radius 1 is 1.05 bits per heavy atom. The SMILES string of the molecule is CNC1c2ccccc2CCC1Cc1c(F)cccc1F. The monoisotopic (exact) mass is 287 g/mol. The fraction of sp³-hybridized carbons (Fsp3) is 0.333. The first-order valence-corrected chi connectivity index (χ1v) is 7.38. The fourth-order valence-corrected chi connectivity index (χ4v) is 3.43. The van der Waals surface area contributed by atoms with E-state index in [0.29, 0.717) is 6.42 Å². The van der Waals surface area contributed by atoms with Gasteiger partial charge in [0.1, 0.15) is 11.6 Å². The Morgan fingerprint density at radius 2 is 1.76 bits per heavy atom. The van der Waals surface area contributed by atoms with E-state index in [0.717, 1.165) is 12.8 Å². The Kier molecular flexibility index (Phi) is 4.02. The Balaban J connectivity index is 1.90. The van der Waals surface area contributed by atoms with E-state index in [4.69, 9.17) is 0 Å². The summed E-state index contributed by atoms with van der Waals surface area (Å²) in [6, 6.07) is 12.6. The van der Waals surface area contributed by atoms with Gasteiger partial charge in [0.25, 0.3) is 0 Å². The van der Waals surface area contributed by atoms with Crippen LogP contribution < -0.4 is 5.32 Å². The number of fused-ring (bicyclic) bond motifs is 1. The van der Waals surface area contributed by atoms with Crippen molar-refractivity contribution in [3.05, 3.63) is 70.8 Å². The van der Waals surface area contributed by atoms with Gasteiger partial charge in [0.15, 0.2) is 0 Å². The molecular formula is C18H19F2N. The average molecular weight is 287 g/mol. The van der Waals surface area contributed by atoms with Crippen LogP contribution in [-0.2, 0) is 12.8 Å². The lowest BCUT2D eigenvalue weighted by atomic mass is 9.77. The summed E-state index contributed by atoms with van der Waals surface area (Å²) in [5.74, 6) is -0.677. The second kappa shape index (κ2) is 5.94. The van der Waals surface area contributed by atoms with E-state index in [1.54, 1.807) is 0 Å². The van der Waals surface area contributed by atoms with Crippen molar-refractivity contribution in [3.63, 3.8) is 0 Å². The van der Waals surface area contributed by atoms with Crippen LogP contribution in [-0.4, -0.2) is 7.05 Å². The van der Waals surface area contributed by atoms with Crippen molar-refractivity contribution in [2.24, 2.45) is 5.92 Å². The first kappa shape index (κ1) is 14.2. The van der Waals surface area contributed by atoms with Crippen LogP contribution in [0, 0.1) is 17.6 Å². The minimum Gasteiger partial charge on any atom is -0.313 e. The van der Waals surface area contributed by atoms with Crippen molar-refractivity contribution in [1.29, 1.82) is 0 Å². The molecule has 0 aromatic heterocycles. The Labute approximate surface area is 124 Å². The molecule has 1 aliphatic carbocycles. The van der Waals surface area contributed by atoms with Gasteiger partial charge in [-0.25, -0.2) is 8.78 Å². The van der Waals surface area contributed by atoms with Crippen LogP contribution in [0.2, 0.25) is 0 Å². The van der Waals surface area contributed by atoms with Gasteiger partial charge >= 0.3 is 0 Å². The molecule has 0 fully saturated rings. The quantitative estimate of drug-likeness (QED) is 0.898. The molecule has 2 aromatic rings.